The van der Waals surface area contributed by atoms with Gasteiger partial charge < -0.3 is 19.9 Å². The second kappa shape index (κ2) is 10.5. The zero-order chi connectivity index (χ0) is 24.1. The van der Waals surface area contributed by atoms with Gasteiger partial charge in [-0.15, -0.1) is 0 Å². The van der Waals surface area contributed by atoms with Crippen LogP contribution in [0, 0.1) is 11.8 Å². The molecule has 0 unspecified atom stereocenters. The molecule has 1 heterocycles. The molecule has 180 valence electrons. The standard InChI is InChI=1S/C26H27ClF3N3O/c1-34-25-15-18(27)12-13-23(25)31-14-6-9-20-16-21-22(32-19-7-3-2-4-8-19)10-5-11-24(21)33(20)17-26(28,29)30/h5,10-13,15-16,19,31-32H,2-4,7-8,14,17H2,1H3. The number of methoxy groups -OCH3 is 1. The Labute approximate surface area is 202 Å². The van der Waals surface area contributed by atoms with Gasteiger partial charge in [-0.2, -0.15) is 13.2 Å². The number of nitrogens with zero attached hydrogens (tertiary/aromatic N) is 1. The number of halogens is 4. The van der Waals surface area contributed by atoms with Gasteiger partial charge in [0.25, 0.3) is 0 Å². The number of hydrogen-bond donors (Lipinski definition) is 2. The van der Waals surface area contributed by atoms with Crippen LogP contribution < -0.4 is 15.4 Å². The molecule has 1 aliphatic carbocycles. The average Bonchev–Trinajstić information content (AvgIpc) is 3.15. The van der Waals surface area contributed by atoms with Crippen molar-refractivity contribution in [2.24, 2.45) is 0 Å². The normalized spacial score (nSPS) is 14.5. The van der Waals surface area contributed by atoms with Crippen LogP contribution in [0.4, 0.5) is 24.5 Å². The fourth-order valence-corrected chi connectivity index (χ4v) is 4.58. The van der Waals surface area contributed by atoms with Crippen LogP contribution >= 0.6 is 11.6 Å². The van der Waals surface area contributed by atoms with Crippen molar-refractivity contribution in [3.63, 3.8) is 0 Å². The number of anilines is 2. The lowest BCUT2D eigenvalue weighted by atomic mass is 9.95. The highest BCUT2D eigenvalue weighted by molar-refractivity contribution is 6.30. The number of aromatic nitrogens is 1. The van der Waals surface area contributed by atoms with E-state index in [0.29, 0.717) is 33.7 Å². The van der Waals surface area contributed by atoms with Crippen LogP contribution in [0.1, 0.15) is 37.8 Å². The van der Waals surface area contributed by atoms with E-state index >= 15 is 0 Å². The molecule has 2 aromatic carbocycles. The first-order valence-corrected chi connectivity index (χ1v) is 11.7. The Kier molecular flexibility index (Phi) is 7.47. The molecule has 0 amide bonds. The fraction of sp³-hybridized carbons (Fsp3) is 0.385. The first-order valence-electron chi connectivity index (χ1n) is 11.4. The molecule has 0 aliphatic heterocycles. The van der Waals surface area contributed by atoms with Crippen LogP contribution in [0.25, 0.3) is 10.9 Å². The molecule has 4 nitrogen and oxygen atoms in total. The summed E-state index contributed by atoms with van der Waals surface area (Å²) in [6.45, 7) is -0.857. The van der Waals surface area contributed by atoms with Crippen molar-refractivity contribution in [2.45, 2.75) is 50.9 Å². The lowest BCUT2D eigenvalue weighted by molar-refractivity contribution is -0.140. The molecule has 8 heteroatoms. The molecule has 0 radical (unpaired) electrons. The number of alkyl halides is 3. The van der Waals surface area contributed by atoms with E-state index in [2.05, 4.69) is 22.5 Å². The molecule has 1 saturated carbocycles. The van der Waals surface area contributed by atoms with Crippen LogP contribution in [-0.2, 0) is 6.54 Å². The van der Waals surface area contributed by atoms with Crippen LogP contribution in [-0.4, -0.2) is 30.4 Å². The molecule has 4 rings (SSSR count). The zero-order valence-corrected chi connectivity index (χ0v) is 19.7. The summed E-state index contributed by atoms with van der Waals surface area (Å²) in [5, 5.41) is 7.98. The summed E-state index contributed by atoms with van der Waals surface area (Å²) < 4.78 is 46.8. The molecule has 0 saturated heterocycles. The molecule has 3 aromatic rings. The van der Waals surface area contributed by atoms with Crippen molar-refractivity contribution in [3.8, 4) is 17.6 Å². The minimum Gasteiger partial charge on any atom is -0.495 e. The fourth-order valence-electron chi connectivity index (χ4n) is 4.42. The van der Waals surface area contributed by atoms with Crippen molar-refractivity contribution in [2.75, 3.05) is 24.3 Å². The van der Waals surface area contributed by atoms with Crippen LogP contribution in [0.2, 0.25) is 5.02 Å². The Morgan fingerprint density at radius 3 is 2.62 bits per heavy atom. The summed E-state index contributed by atoms with van der Waals surface area (Å²) in [6, 6.07) is 12.7. The van der Waals surface area contributed by atoms with Gasteiger partial charge in [0.05, 0.1) is 30.6 Å². The number of ether oxygens (including phenoxy) is 1. The van der Waals surface area contributed by atoms with Gasteiger partial charge in [0.1, 0.15) is 12.3 Å². The third kappa shape index (κ3) is 5.92. The molecule has 0 spiro atoms. The van der Waals surface area contributed by atoms with Gasteiger partial charge in [-0.3, -0.25) is 0 Å². The van der Waals surface area contributed by atoms with Crippen molar-refractivity contribution in [3.05, 3.63) is 53.2 Å². The lowest BCUT2D eigenvalue weighted by Gasteiger charge is -2.24. The van der Waals surface area contributed by atoms with Crippen molar-refractivity contribution >= 4 is 33.9 Å². The first kappa shape index (κ1) is 24.2. The Balaban J connectivity index is 1.61. The van der Waals surface area contributed by atoms with Crippen LogP contribution in [0.15, 0.2) is 42.5 Å². The maximum atomic E-state index is 13.4. The topological polar surface area (TPSA) is 38.2 Å². The summed E-state index contributed by atoms with van der Waals surface area (Å²) in [7, 11) is 1.54. The smallest absolute Gasteiger partial charge is 0.406 e. The summed E-state index contributed by atoms with van der Waals surface area (Å²) in [5.41, 5.74) is 2.42. The lowest BCUT2D eigenvalue weighted by Crippen LogP contribution is -2.22. The van der Waals surface area contributed by atoms with E-state index < -0.39 is 12.7 Å². The quantitative estimate of drug-likeness (QED) is 0.363. The molecular weight excluding hydrogens is 463 g/mol. The highest BCUT2D eigenvalue weighted by Crippen LogP contribution is 2.32. The average molecular weight is 490 g/mol. The Morgan fingerprint density at radius 1 is 1.09 bits per heavy atom. The second-order valence-corrected chi connectivity index (χ2v) is 8.88. The third-order valence-electron chi connectivity index (χ3n) is 6.00. The van der Waals surface area contributed by atoms with Crippen LogP contribution in [0.5, 0.6) is 5.75 Å². The molecule has 0 bridgehead atoms. The molecule has 1 fully saturated rings. The summed E-state index contributed by atoms with van der Waals surface area (Å²) >= 11 is 5.98. The Morgan fingerprint density at radius 2 is 1.88 bits per heavy atom. The molecule has 34 heavy (non-hydrogen) atoms. The minimum atomic E-state index is -4.36. The largest absolute Gasteiger partial charge is 0.495 e. The number of fused-ring (bicyclic) bond motifs is 1. The zero-order valence-electron chi connectivity index (χ0n) is 18.9. The summed E-state index contributed by atoms with van der Waals surface area (Å²) in [4.78, 5) is 0. The van der Waals surface area contributed by atoms with Crippen molar-refractivity contribution in [1.29, 1.82) is 0 Å². The van der Waals surface area contributed by atoms with Gasteiger partial charge in [0.2, 0.25) is 0 Å². The highest BCUT2D eigenvalue weighted by Gasteiger charge is 2.30. The van der Waals surface area contributed by atoms with Crippen molar-refractivity contribution in [1.82, 2.24) is 4.57 Å². The Hall–Kier alpha value is -2.98. The summed E-state index contributed by atoms with van der Waals surface area (Å²) in [6.07, 6.45) is 1.37. The van der Waals surface area contributed by atoms with E-state index in [-0.39, 0.29) is 6.54 Å². The molecule has 0 atom stereocenters. The van der Waals surface area contributed by atoms with E-state index in [1.54, 1.807) is 36.4 Å². The Bertz CT molecular complexity index is 1200. The first-order chi connectivity index (χ1) is 16.3. The van der Waals surface area contributed by atoms with Crippen molar-refractivity contribution < 1.29 is 17.9 Å². The highest BCUT2D eigenvalue weighted by atomic mass is 35.5. The summed E-state index contributed by atoms with van der Waals surface area (Å²) in [5.74, 6) is 6.45. The van der Waals surface area contributed by atoms with E-state index in [4.69, 9.17) is 16.3 Å². The van der Waals surface area contributed by atoms with Gasteiger partial charge in [0.15, 0.2) is 0 Å². The van der Waals surface area contributed by atoms with E-state index in [1.807, 2.05) is 6.07 Å². The van der Waals surface area contributed by atoms with Gasteiger partial charge >= 0.3 is 6.18 Å². The SMILES string of the molecule is COc1cc(Cl)ccc1NCC#Cc1cc2c(NC3CCCCC3)cccc2n1CC(F)(F)F. The minimum absolute atomic E-state index is 0.235. The second-order valence-electron chi connectivity index (χ2n) is 8.45. The molecule has 1 aliphatic rings. The maximum Gasteiger partial charge on any atom is 0.406 e. The molecular formula is C26H27ClF3N3O. The van der Waals surface area contributed by atoms with E-state index in [1.165, 1.54) is 30.9 Å². The molecule has 2 N–H and O–H groups in total. The predicted molar refractivity (Wildman–Crippen MR) is 132 cm³/mol. The van der Waals surface area contributed by atoms with Gasteiger partial charge in [0, 0.05) is 28.2 Å². The van der Waals surface area contributed by atoms with Crippen LogP contribution in [0.3, 0.4) is 0 Å². The van der Waals surface area contributed by atoms with Gasteiger partial charge in [-0.1, -0.05) is 42.9 Å². The third-order valence-corrected chi connectivity index (χ3v) is 6.23. The number of rotatable bonds is 6. The maximum absolute atomic E-state index is 13.4. The van der Waals surface area contributed by atoms with Gasteiger partial charge in [-0.25, -0.2) is 0 Å². The number of nitrogens with one attached hydrogen (secondary N) is 2. The van der Waals surface area contributed by atoms with Gasteiger partial charge in [-0.05, 0) is 49.1 Å². The number of benzene rings is 2. The predicted octanol–water partition coefficient (Wildman–Crippen LogP) is 7.07. The van der Waals surface area contributed by atoms with E-state index in [9.17, 15) is 13.2 Å². The molecule has 1 aromatic heterocycles. The number of hydrogen-bond acceptors (Lipinski definition) is 3. The van der Waals surface area contributed by atoms with E-state index in [0.717, 1.165) is 23.9 Å². The monoisotopic (exact) mass is 489 g/mol.